The maximum absolute atomic E-state index is 12.6. The third-order valence-corrected chi connectivity index (χ3v) is 7.85. The van der Waals surface area contributed by atoms with Gasteiger partial charge in [0.25, 0.3) is 0 Å². The Kier molecular flexibility index (Phi) is 5.87. The summed E-state index contributed by atoms with van der Waals surface area (Å²) in [6, 6.07) is 13.9. The molecule has 0 radical (unpaired) electrons. The fourth-order valence-electron chi connectivity index (χ4n) is 3.15. The Labute approximate surface area is 165 Å². The predicted octanol–water partition coefficient (Wildman–Crippen LogP) is 1.97. The van der Waals surface area contributed by atoms with Crippen LogP contribution >= 0.6 is 0 Å². The van der Waals surface area contributed by atoms with Crippen molar-refractivity contribution in [2.24, 2.45) is 0 Å². The Morgan fingerprint density at radius 2 is 1.82 bits per heavy atom. The molecule has 1 aliphatic rings. The summed E-state index contributed by atoms with van der Waals surface area (Å²) in [5.41, 5.74) is 1.68. The van der Waals surface area contributed by atoms with E-state index < -0.39 is 26.0 Å². The SMILES string of the molecule is Cc1cc(N2C(=O)CCS2(=O)=O)ccc1S(=O)(=O)NCCCc1ccccc1. The number of benzene rings is 2. The first-order chi connectivity index (χ1) is 13.2. The van der Waals surface area contributed by atoms with E-state index in [0.717, 1.165) is 16.3 Å². The maximum Gasteiger partial charge on any atom is 0.242 e. The van der Waals surface area contributed by atoms with Crippen LogP contribution in [-0.4, -0.2) is 35.0 Å². The van der Waals surface area contributed by atoms with Gasteiger partial charge in [-0.15, -0.1) is 0 Å². The Bertz CT molecular complexity index is 1080. The standard InChI is InChI=1S/C19H22N2O5S2/c1-15-14-17(21-19(22)11-13-27(21,23)24)9-10-18(15)28(25,26)20-12-5-8-16-6-3-2-4-7-16/h2-4,6-7,9-10,14,20H,5,8,11-13H2,1H3. The van der Waals surface area contributed by atoms with Gasteiger partial charge in [0.2, 0.25) is 26.0 Å². The second-order valence-electron chi connectivity index (χ2n) is 6.66. The van der Waals surface area contributed by atoms with Crippen LogP contribution in [0.5, 0.6) is 0 Å². The molecule has 1 amide bonds. The number of hydrogen-bond acceptors (Lipinski definition) is 5. The third-order valence-electron chi connectivity index (χ3n) is 4.54. The fourth-order valence-corrected chi connectivity index (χ4v) is 5.90. The molecule has 1 heterocycles. The summed E-state index contributed by atoms with van der Waals surface area (Å²) in [4.78, 5) is 12.0. The number of carbonyl (C=O) groups excluding carboxylic acids is 1. The van der Waals surface area contributed by atoms with E-state index in [1.807, 2.05) is 30.3 Å². The van der Waals surface area contributed by atoms with Crippen LogP contribution in [-0.2, 0) is 31.3 Å². The number of rotatable bonds is 7. The molecule has 3 rings (SSSR count). The summed E-state index contributed by atoms with van der Waals surface area (Å²) < 4.78 is 52.5. The number of anilines is 1. The van der Waals surface area contributed by atoms with E-state index in [-0.39, 0.29) is 29.3 Å². The number of hydrogen-bond donors (Lipinski definition) is 1. The van der Waals surface area contributed by atoms with Gasteiger partial charge in [-0.05, 0) is 49.1 Å². The summed E-state index contributed by atoms with van der Waals surface area (Å²) in [5, 5.41) is 0. The van der Waals surface area contributed by atoms with Gasteiger partial charge in [-0.3, -0.25) is 4.79 Å². The Balaban J connectivity index is 1.69. The second kappa shape index (κ2) is 8.02. The van der Waals surface area contributed by atoms with Gasteiger partial charge in [-0.2, -0.15) is 0 Å². The van der Waals surface area contributed by atoms with Crippen molar-refractivity contribution in [1.29, 1.82) is 0 Å². The zero-order valence-corrected chi connectivity index (χ0v) is 17.1. The van der Waals surface area contributed by atoms with Crippen LogP contribution in [0.4, 0.5) is 5.69 Å². The van der Waals surface area contributed by atoms with Crippen molar-refractivity contribution in [3.8, 4) is 0 Å². The zero-order chi connectivity index (χ0) is 20.4. The molecule has 7 nitrogen and oxygen atoms in total. The molecular formula is C19H22N2O5S2. The van der Waals surface area contributed by atoms with Crippen LogP contribution in [0.25, 0.3) is 0 Å². The lowest BCUT2D eigenvalue weighted by atomic mass is 10.1. The van der Waals surface area contributed by atoms with E-state index in [2.05, 4.69) is 4.72 Å². The molecule has 0 unspecified atom stereocenters. The summed E-state index contributed by atoms with van der Waals surface area (Å²) in [7, 11) is -7.41. The van der Waals surface area contributed by atoms with Crippen molar-refractivity contribution in [3.05, 3.63) is 59.7 Å². The van der Waals surface area contributed by atoms with E-state index in [1.54, 1.807) is 6.92 Å². The maximum atomic E-state index is 12.6. The lowest BCUT2D eigenvalue weighted by molar-refractivity contribution is -0.116. The van der Waals surface area contributed by atoms with Gasteiger partial charge in [-0.25, -0.2) is 25.9 Å². The van der Waals surface area contributed by atoms with Crippen LogP contribution < -0.4 is 9.03 Å². The summed E-state index contributed by atoms with van der Waals surface area (Å²) >= 11 is 0. The molecular weight excluding hydrogens is 400 g/mol. The highest BCUT2D eigenvalue weighted by atomic mass is 32.2. The summed E-state index contributed by atoms with van der Waals surface area (Å²) in [6.45, 7) is 1.87. The number of sulfonamides is 2. The smallest absolute Gasteiger partial charge is 0.242 e. The van der Waals surface area contributed by atoms with Crippen LogP contribution in [0.1, 0.15) is 24.0 Å². The minimum atomic E-state index is -3.73. The quantitative estimate of drug-likeness (QED) is 0.688. The number of carbonyl (C=O) groups is 1. The minimum Gasteiger partial charge on any atom is -0.273 e. The fraction of sp³-hybridized carbons (Fsp3) is 0.316. The van der Waals surface area contributed by atoms with Crippen molar-refractivity contribution < 1.29 is 21.6 Å². The second-order valence-corrected chi connectivity index (χ2v) is 10.3. The topological polar surface area (TPSA) is 101 Å². The van der Waals surface area contributed by atoms with Gasteiger partial charge in [0.1, 0.15) is 0 Å². The van der Waals surface area contributed by atoms with Crippen LogP contribution in [0, 0.1) is 6.92 Å². The summed E-state index contributed by atoms with van der Waals surface area (Å²) in [5.74, 6) is -0.734. The number of aryl methyl sites for hydroxylation is 2. The van der Waals surface area contributed by atoms with Crippen LogP contribution in [0.15, 0.2) is 53.4 Å². The average Bonchev–Trinajstić information content (AvgIpc) is 2.92. The first-order valence-electron chi connectivity index (χ1n) is 8.91. The van der Waals surface area contributed by atoms with E-state index >= 15 is 0 Å². The van der Waals surface area contributed by atoms with Crippen molar-refractivity contribution in [3.63, 3.8) is 0 Å². The van der Waals surface area contributed by atoms with Gasteiger partial charge in [0.05, 0.1) is 16.3 Å². The number of nitrogens with one attached hydrogen (secondary N) is 1. The Morgan fingerprint density at radius 3 is 2.43 bits per heavy atom. The minimum absolute atomic E-state index is 0.0651. The molecule has 9 heteroatoms. The molecule has 0 aliphatic carbocycles. The molecule has 1 saturated heterocycles. The van der Waals surface area contributed by atoms with E-state index in [9.17, 15) is 21.6 Å². The zero-order valence-electron chi connectivity index (χ0n) is 15.5. The van der Waals surface area contributed by atoms with E-state index in [1.165, 1.54) is 18.2 Å². The molecule has 1 aliphatic heterocycles. The van der Waals surface area contributed by atoms with Gasteiger partial charge in [-0.1, -0.05) is 30.3 Å². The lowest BCUT2D eigenvalue weighted by Crippen LogP contribution is -2.30. The van der Waals surface area contributed by atoms with Gasteiger partial charge in [0, 0.05) is 13.0 Å². The monoisotopic (exact) mass is 422 g/mol. The van der Waals surface area contributed by atoms with Gasteiger partial charge < -0.3 is 0 Å². The first-order valence-corrected chi connectivity index (χ1v) is 12.0. The van der Waals surface area contributed by atoms with Gasteiger partial charge in [0.15, 0.2) is 0 Å². The molecule has 0 aromatic heterocycles. The highest BCUT2D eigenvalue weighted by Gasteiger charge is 2.36. The normalized spacial score (nSPS) is 16.5. The Hall–Kier alpha value is -2.23. The van der Waals surface area contributed by atoms with E-state index in [0.29, 0.717) is 12.0 Å². The highest BCUT2D eigenvalue weighted by Crippen LogP contribution is 2.28. The number of nitrogens with zero attached hydrogens (tertiary/aromatic N) is 1. The highest BCUT2D eigenvalue weighted by molar-refractivity contribution is 7.94. The van der Waals surface area contributed by atoms with E-state index in [4.69, 9.17) is 0 Å². The molecule has 0 spiro atoms. The first kappa shape index (κ1) is 20.5. The molecule has 28 heavy (non-hydrogen) atoms. The summed E-state index contributed by atoms with van der Waals surface area (Å²) in [6.07, 6.45) is 1.35. The molecule has 1 fully saturated rings. The Morgan fingerprint density at radius 1 is 1.11 bits per heavy atom. The molecule has 0 atom stereocenters. The predicted molar refractivity (Wildman–Crippen MR) is 107 cm³/mol. The number of amides is 1. The largest absolute Gasteiger partial charge is 0.273 e. The molecule has 0 bridgehead atoms. The third kappa shape index (κ3) is 4.43. The van der Waals surface area contributed by atoms with Crippen molar-refractivity contribution in [1.82, 2.24) is 4.72 Å². The lowest BCUT2D eigenvalue weighted by Gasteiger charge is -2.17. The van der Waals surface area contributed by atoms with Crippen molar-refractivity contribution >= 4 is 31.6 Å². The molecule has 2 aromatic rings. The van der Waals surface area contributed by atoms with Crippen LogP contribution in [0.2, 0.25) is 0 Å². The van der Waals surface area contributed by atoms with Gasteiger partial charge >= 0.3 is 0 Å². The van der Waals surface area contributed by atoms with Crippen molar-refractivity contribution in [2.45, 2.75) is 31.1 Å². The van der Waals surface area contributed by atoms with Crippen LogP contribution in [0.3, 0.4) is 0 Å². The van der Waals surface area contributed by atoms with Crippen molar-refractivity contribution in [2.75, 3.05) is 16.6 Å². The molecule has 1 N–H and O–H groups in total. The molecule has 2 aromatic carbocycles. The average molecular weight is 423 g/mol. The molecule has 0 saturated carbocycles. The molecule has 150 valence electrons.